The SMILES string of the molecule is CCOc1ccc(N2C(=O)/C(=C\c3cc([N+](=O)[O-])cc(OCC)c3O)NC2=S)cc1. The van der Waals surface area contributed by atoms with Gasteiger partial charge in [0.05, 0.1) is 29.9 Å². The second-order valence-corrected chi connectivity index (χ2v) is 6.51. The van der Waals surface area contributed by atoms with Crippen LogP contribution in [0.15, 0.2) is 42.1 Å². The molecule has 1 amide bonds. The van der Waals surface area contributed by atoms with E-state index < -0.39 is 10.8 Å². The summed E-state index contributed by atoms with van der Waals surface area (Å²) in [5.74, 6) is -0.162. The smallest absolute Gasteiger partial charge is 0.281 e. The number of nitrogens with zero attached hydrogens (tertiary/aromatic N) is 2. The van der Waals surface area contributed by atoms with Crippen LogP contribution >= 0.6 is 12.2 Å². The molecule has 9 nitrogen and oxygen atoms in total. The van der Waals surface area contributed by atoms with E-state index in [-0.39, 0.29) is 40.2 Å². The van der Waals surface area contributed by atoms with Crippen molar-refractivity contribution in [3.05, 3.63) is 57.8 Å². The molecule has 0 unspecified atom stereocenters. The highest BCUT2D eigenvalue weighted by Crippen LogP contribution is 2.36. The molecule has 0 atom stereocenters. The van der Waals surface area contributed by atoms with Crippen LogP contribution in [0.3, 0.4) is 0 Å². The molecule has 0 radical (unpaired) electrons. The van der Waals surface area contributed by atoms with E-state index in [1.54, 1.807) is 31.2 Å². The summed E-state index contributed by atoms with van der Waals surface area (Å²) in [4.78, 5) is 24.8. The number of hydrogen-bond donors (Lipinski definition) is 2. The normalized spacial score (nSPS) is 14.7. The quantitative estimate of drug-likeness (QED) is 0.298. The third-order valence-electron chi connectivity index (χ3n) is 4.18. The summed E-state index contributed by atoms with van der Waals surface area (Å²) in [6, 6.07) is 9.11. The van der Waals surface area contributed by atoms with Crippen molar-refractivity contribution in [1.82, 2.24) is 5.32 Å². The number of aromatic hydroxyl groups is 1. The van der Waals surface area contributed by atoms with Gasteiger partial charge in [-0.1, -0.05) is 0 Å². The van der Waals surface area contributed by atoms with E-state index in [0.29, 0.717) is 18.0 Å². The van der Waals surface area contributed by atoms with E-state index in [2.05, 4.69) is 5.32 Å². The monoisotopic (exact) mass is 429 g/mol. The number of nitrogens with one attached hydrogen (secondary N) is 1. The predicted molar refractivity (Wildman–Crippen MR) is 115 cm³/mol. The van der Waals surface area contributed by atoms with Crippen molar-refractivity contribution in [2.24, 2.45) is 0 Å². The van der Waals surface area contributed by atoms with Gasteiger partial charge in [0, 0.05) is 11.6 Å². The van der Waals surface area contributed by atoms with Crippen molar-refractivity contribution in [2.75, 3.05) is 18.1 Å². The number of carbonyl (C=O) groups excluding carboxylic acids is 1. The lowest BCUT2D eigenvalue weighted by atomic mass is 10.1. The van der Waals surface area contributed by atoms with E-state index >= 15 is 0 Å². The molecule has 30 heavy (non-hydrogen) atoms. The third-order valence-corrected chi connectivity index (χ3v) is 4.47. The van der Waals surface area contributed by atoms with Gasteiger partial charge in [-0.3, -0.25) is 19.8 Å². The molecule has 0 aromatic heterocycles. The van der Waals surface area contributed by atoms with E-state index in [9.17, 15) is 20.0 Å². The van der Waals surface area contributed by atoms with Crippen molar-refractivity contribution in [3.63, 3.8) is 0 Å². The van der Waals surface area contributed by atoms with Gasteiger partial charge in [0.25, 0.3) is 11.6 Å². The van der Waals surface area contributed by atoms with Gasteiger partial charge in [-0.2, -0.15) is 0 Å². The van der Waals surface area contributed by atoms with Crippen molar-refractivity contribution >= 4 is 40.7 Å². The molecular weight excluding hydrogens is 410 g/mol. The van der Waals surface area contributed by atoms with Gasteiger partial charge in [-0.15, -0.1) is 0 Å². The molecule has 0 saturated carbocycles. The lowest BCUT2D eigenvalue weighted by Gasteiger charge is -2.14. The number of amides is 1. The highest BCUT2D eigenvalue weighted by atomic mass is 32.1. The summed E-state index contributed by atoms with van der Waals surface area (Å²) in [6.07, 6.45) is 1.30. The first kappa shape index (κ1) is 21.1. The summed E-state index contributed by atoms with van der Waals surface area (Å²) in [7, 11) is 0. The number of carbonyl (C=O) groups is 1. The Labute approximate surface area is 177 Å². The lowest BCUT2D eigenvalue weighted by Crippen LogP contribution is -2.30. The minimum absolute atomic E-state index is 0.0464. The summed E-state index contributed by atoms with van der Waals surface area (Å²) < 4.78 is 10.7. The first-order valence-electron chi connectivity index (χ1n) is 9.09. The molecule has 2 aromatic rings. The van der Waals surface area contributed by atoms with Gasteiger partial charge in [0.15, 0.2) is 16.6 Å². The van der Waals surface area contributed by atoms with Crippen molar-refractivity contribution in [3.8, 4) is 17.2 Å². The molecule has 0 spiro atoms. The van der Waals surface area contributed by atoms with Crippen LogP contribution in [0.2, 0.25) is 0 Å². The zero-order valence-corrected chi connectivity index (χ0v) is 17.1. The number of anilines is 1. The highest BCUT2D eigenvalue weighted by molar-refractivity contribution is 7.80. The molecule has 0 aliphatic carbocycles. The first-order chi connectivity index (χ1) is 14.3. The van der Waals surface area contributed by atoms with E-state index in [4.69, 9.17) is 21.7 Å². The molecule has 0 bridgehead atoms. The molecule has 2 N–H and O–H groups in total. The number of benzene rings is 2. The second kappa shape index (κ2) is 8.78. The molecular formula is C20H19N3O6S. The summed E-state index contributed by atoms with van der Waals surface area (Å²) in [5.41, 5.74) is 0.370. The van der Waals surface area contributed by atoms with Crippen LogP contribution < -0.4 is 19.7 Å². The fourth-order valence-electron chi connectivity index (χ4n) is 2.88. The minimum Gasteiger partial charge on any atom is -0.504 e. The van der Waals surface area contributed by atoms with Crippen LogP contribution in [-0.2, 0) is 4.79 Å². The number of rotatable bonds is 7. The number of nitro benzene ring substituents is 1. The van der Waals surface area contributed by atoms with Gasteiger partial charge in [-0.05, 0) is 56.4 Å². The van der Waals surface area contributed by atoms with Crippen molar-refractivity contribution in [1.29, 1.82) is 0 Å². The second-order valence-electron chi connectivity index (χ2n) is 6.13. The summed E-state index contributed by atoms with van der Waals surface area (Å²) in [5, 5.41) is 24.6. The Morgan fingerprint density at radius 2 is 1.87 bits per heavy atom. The van der Waals surface area contributed by atoms with Crippen molar-refractivity contribution in [2.45, 2.75) is 13.8 Å². The van der Waals surface area contributed by atoms with Crippen LogP contribution in [0, 0.1) is 10.1 Å². The third kappa shape index (κ3) is 4.18. The Balaban J connectivity index is 1.96. The van der Waals surface area contributed by atoms with Crippen LogP contribution in [-0.4, -0.2) is 34.3 Å². The Morgan fingerprint density at radius 3 is 2.47 bits per heavy atom. The molecule has 3 rings (SSSR count). The molecule has 2 aromatic carbocycles. The Kier molecular flexibility index (Phi) is 6.17. The van der Waals surface area contributed by atoms with E-state index in [1.807, 2.05) is 6.92 Å². The number of phenols is 1. The fraction of sp³-hybridized carbons (Fsp3) is 0.200. The first-order valence-corrected chi connectivity index (χ1v) is 9.50. The molecule has 156 valence electrons. The van der Waals surface area contributed by atoms with Gasteiger partial charge in [0.2, 0.25) is 0 Å². The highest BCUT2D eigenvalue weighted by Gasteiger charge is 2.32. The zero-order chi connectivity index (χ0) is 21.8. The van der Waals surface area contributed by atoms with Crippen LogP contribution in [0.1, 0.15) is 19.4 Å². The maximum absolute atomic E-state index is 12.9. The van der Waals surface area contributed by atoms with E-state index in [1.165, 1.54) is 11.0 Å². The van der Waals surface area contributed by atoms with Gasteiger partial charge in [-0.25, -0.2) is 0 Å². The van der Waals surface area contributed by atoms with Gasteiger partial charge in [0.1, 0.15) is 11.4 Å². The zero-order valence-electron chi connectivity index (χ0n) is 16.2. The van der Waals surface area contributed by atoms with Gasteiger partial charge < -0.3 is 19.9 Å². The van der Waals surface area contributed by atoms with Crippen LogP contribution in [0.5, 0.6) is 17.2 Å². The largest absolute Gasteiger partial charge is 0.504 e. The molecule has 1 aliphatic heterocycles. The predicted octanol–water partition coefficient (Wildman–Crippen LogP) is 3.36. The van der Waals surface area contributed by atoms with Crippen LogP contribution in [0.4, 0.5) is 11.4 Å². The number of nitro groups is 1. The molecule has 1 aliphatic rings. The Bertz CT molecular complexity index is 1040. The number of hydrogen-bond acceptors (Lipinski definition) is 7. The fourth-order valence-corrected chi connectivity index (χ4v) is 3.18. The number of thiocarbonyl (C=S) groups is 1. The van der Waals surface area contributed by atoms with Gasteiger partial charge >= 0.3 is 0 Å². The van der Waals surface area contributed by atoms with Crippen LogP contribution in [0.25, 0.3) is 6.08 Å². The molecule has 1 heterocycles. The van der Waals surface area contributed by atoms with Crippen molar-refractivity contribution < 1.29 is 24.3 Å². The average molecular weight is 429 g/mol. The molecule has 10 heteroatoms. The maximum atomic E-state index is 12.9. The molecule has 1 fully saturated rings. The molecule has 1 saturated heterocycles. The number of phenolic OH excluding ortho intramolecular Hbond substituents is 1. The standard InChI is InChI=1S/C20H19N3O6S/c1-3-28-15-7-5-13(6-8-15)22-19(25)16(21-20(22)30)10-12-9-14(23(26)27)11-17(18(12)24)29-4-2/h5-11,24H,3-4H2,1-2H3,(H,21,30)/b16-10+. The minimum atomic E-state index is -0.606. The Hall–Kier alpha value is -3.66. The summed E-state index contributed by atoms with van der Waals surface area (Å²) in [6.45, 7) is 4.28. The number of non-ortho nitro benzene ring substituents is 1. The Morgan fingerprint density at radius 1 is 1.20 bits per heavy atom. The number of ether oxygens (including phenoxy) is 2. The summed E-state index contributed by atoms with van der Waals surface area (Å²) >= 11 is 5.27. The topological polar surface area (TPSA) is 114 Å². The average Bonchev–Trinajstić information content (AvgIpc) is 2.99. The van der Waals surface area contributed by atoms with E-state index in [0.717, 1.165) is 12.1 Å². The maximum Gasteiger partial charge on any atom is 0.281 e. The lowest BCUT2D eigenvalue weighted by molar-refractivity contribution is -0.385.